The Kier molecular flexibility index (Phi) is 6.78. The van der Waals surface area contributed by atoms with E-state index in [-0.39, 0.29) is 35.4 Å². The molecule has 1 saturated heterocycles. The van der Waals surface area contributed by atoms with Gasteiger partial charge in [-0.2, -0.15) is 0 Å². The topological polar surface area (TPSA) is 75.0 Å². The Labute approximate surface area is 193 Å². The molecule has 0 atom stereocenters. The highest BCUT2D eigenvalue weighted by atomic mass is 19.2. The van der Waals surface area contributed by atoms with Crippen molar-refractivity contribution < 1.29 is 27.1 Å². The summed E-state index contributed by atoms with van der Waals surface area (Å²) in [5.41, 5.74) is 1.01. The summed E-state index contributed by atoms with van der Waals surface area (Å²) in [5.74, 6) is -4.01. The average Bonchev–Trinajstić information content (AvgIpc) is 2.82. The lowest BCUT2D eigenvalue weighted by Gasteiger charge is -2.27. The third-order valence-electron chi connectivity index (χ3n) is 5.58. The molecule has 0 bridgehead atoms. The Morgan fingerprint density at radius 1 is 1.06 bits per heavy atom. The van der Waals surface area contributed by atoms with Gasteiger partial charge in [0.15, 0.2) is 28.8 Å². The van der Waals surface area contributed by atoms with Gasteiger partial charge in [-0.25, -0.2) is 13.2 Å². The number of rotatable bonds is 6. The summed E-state index contributed by atoms with van der Waals surface area (Å²) >= 11 is 0. The molecule has 34 heavy (non-hydrogen) atoms. The van der Waals surface area contributed by atoms with Crippen molar-refractivity contribution in [2.75, 3.05) is 57.2 Å². The van der Waals surface area contributed by atoms with Gasteiger partial charge in [0.05, 0.1) is 18.6 Å². The predicted octanol–water partition coefficient (Wildman–Crippen LogP) is 3.40. The van der Waals surface area contributed by atoms with Crippen LogP contribution in [0.1, 0.15) is 15.9 Å². The molecule has 2 aromatic carbocycles. The molecular formula is C24H24F3N3O4. The largest absolute Gasteiger partial charge is 0.440 e. The fraction of sp³-hybridized carbons (Fsp3) is 0.333. The number of amides is 1. The van der Waals surface area contributed by atoms with Crippen LogP contribution in [0.4, 0.5) is 24.7 Å². The van der Waals surface area contributed by atoms with Gasteiger partial charge in [0.25, 0.3) is 5.91 Å². The first-order chi connectivity index (χ1) is 16.2. The van der Waals surface area contributed by atoms with Crippen LogP contribution < -0.4 is 15.6 Å². The number of nitrogens with zero attached hydrogens (tertiary/aromatic N) is 2. The molecular weight excluding hydrogens is 451 g/mol. The molecule has 0 aliphatic carbocycles. The van der Waals surface area contributed by atoms with Crippen molar-refractivity contribution in [3.8, 4) is 0 Å². The molecule has 2 heterocycles. The van der Waals surface area contributed by atoms with Crippen LogP contribution in [-0.2, 0) is 11.2 Å². The van der Waals surface area contributed by atoms with Crippen LogP contribution in [0.2, 0.25) is 0 Å². The van der Waals surface area contributed by atoms with E-state index >= 15 is 0 Å². The molecule has 0 spiro atoms. The predicted molar refractivity (Wildman–Crippen MR) is 122 cm³/mol. The summed E-state index contributed by atoms with van der Waals surface area (Å²) < 4.78 is 51.7. The molecule has 0 unspecified atom stereocenters. The van der Waals surface area contributed by atoms with E-state index in [1.54, 1.807) is 20.2 Å². The molecule has 1 aliphatic rings. The molecule has 0 saturated carbocycles. The van der Waals surface area contributed by atoms with E-state index in [2.05, 4.69) is 5.32 Å². The Morgan fingerprint density at radius 2 is 1.74 bits per heavy atom. The molecule has 3 aromatic rings. The molecule has 1 N–H and O–H groups in total. The number of ether oxygens (including phenoxy) is 1. The van der Waals surface area contributed by atoms with Gasteiger partial charge < -0.3 is 24.3 Å². The highest BCUT2D eigenvalue weighted by molar-refractivity contribution is 5.98. The number of carbonyl (C=O) groups excluding carboxylic acids is 1. The highest BCUT2D eigenvalue weighted by Gasteiger charge is 2.20. The number of morpholine rings is 1. The lowest BCUT2D eigenvalue weighted by molar-refractivity contribution is 0.0827. The number of anilines is 2. The van der Waals surface area contributed by atoms with Crippen LogP contribution in [-0.4, -0.2) is 57.8 Å². The van der Waals surface area contributed by atoms with Gasteiger partial charge in [-0.3, -0.25) is 9.59 Å². The van der Waals surface area contributed by atoms with E-state index in [0.29, 0.717) is 48.9 Å². The maximum Gasteiger partial charge on any atom is 0.253 e. The van der Waals surface area contributed by atoms with Crippen LogP contribution in [0.5, 0.6) is 0 Å². The number of fused-ring (bicyclic) bond motifs is 1. The van der Waals surface area contributed by atoms with Gasteiger partial charge in [0.1, 0.15) is 5.58 Å². The molecule has 0 radical (unpaired) electrons. The maximum atomic E-state index is 13.5. The van der Waals surface area contributed by atoms with Crippen molar-refractivity contribution in [2.24, 2.45) is 0 Å². The van der Waals surface area contributed by atoms with Crippen molar-refractivity contribution >= 4 is 28.4 Å². The Balaban J connectivity index is 1.70. The number of nitrogens with one attached hydrogen (secondary N) is 1. The zero-order valence-corrected chi connectivity index (χ0v) is 18.8. The summed E-state index contributed by atoms with van der Waals surface area (Å²) in [6.07, 6.45) is 0.265. The van der Waals surface area contributed by atoms with Crippen molar-refractivity contribution in [3.63, 3.8) is 0 Å². The van der Waals surface area contributed by atoms with Gasteiger partial charge in [-0.1, -0.05) is 0 Å². The number of hydrogen-bond donors (Lipinski definition) is 1. The molecule has 4 rings (SSSR count). The normalized spacial score (nSPS) is 13.9. The van der Waals surface area contributed by atoms with Crippen LogP contribution in [0.25, 0.3) is 11.0 Å². The third kappa shape index (κ3) is 4.86. The molecule has 1 fully saturated rings. The molecule has 1 aromatic heterocycles. The van der Waals surface area contributed by atoms with Crippen molar-refractivity contribution in [1.82, 2.24) is 4.90 Å². The van der Waals surface area contributed by atoms with Crippen molar-refractivity contribution in [2.45, 2.75) is 6.42 Å². The zero-order chi connectivity index (χ0) is 24.4. The minimum Gasteiger partial charge on any atom is -0.440 e. The second-order valence-electron chi connectivity index (χ2n) is 8.19. The molecule has 1 amide bonds. The molecule has 7 nitrogen and oxygen atoms in total. The lowest BCUT2D eigenvalue weighted by atomic mass is 10.0. The van der Waals surface area contributed by atoms with Crippen LogP contribution in [0, 0.1) is 17.5 Å². The van der Waals surface area contributed by atoms with E-state index in [0.717, 1.165) is 12.1 Å². The monoisotopic (exact) mass is 475 g/mol. The molecule has 10 heteroatoms. The Morgan fingerprint density at radius 3 is 2.38 bits per heavy atom. The maximum absolute atomic E-state index is 13.5. The fourth-order valence-corrected chi connectivity index (χ4v) is 3.82. The number of carbonyl (C=O) groups is 1. The number of benzene rings is 2. The number of hydrogen-bond acceptors (Lipinski definition) is 6. The standard InChI is InChI=1S/C24H24F3N3O4/c1-29(2)24(32)15-9-14(3-4-28-16-11-18(25)22(27)19(26)12-16)23-17(10-15)20(31)13-21(34-23)30-5-7-33-8-6-30/h9-13,28H,3-8H2,1-2H3. The summed E-state index contributed by atoms with van der Waals surface area (Å²) in [7, 11) is 3.21. The molecule has 1 aliphatic heterocycles. The van der Waals surface area contributed by atoms with Crippen molar-refractivity contribution in [1.29, 1.82) is 0 Å². The quantitative estimate of drug-likeness (QED) is 0.551. The lowest BCUT2D eigenvalue weighted by Crippen LogP contribution is -2.36. The minimum atomic E-state index is -1.54. The van der Waals surface area contributed by atoms with Gasteiger partial charge in [0, 0.05) is 63.2 Å². The first-order valence-corrected chi connectivity index (χ1v) is 10.8. The van der Waals surface area contributed by atoms with E-state index in [1.807, 2.05) is 4.90 Å². The summed E-state index contributed by atoms with van der Waals surface area (Å²) in [5, 5.41) is 3.10. The Hall–Kier alpha value is -3.53. The smallest absolute Gasteiger partial charge is 0.253 e. The molecule has 180 valence electrons. The highest BCUT2D eigenvalue weighted by Crippen LogP contribution is 2.26. The number of halogens is 3. The van der Waals surface area contributed by atoms with E-state index in [1.165, 1.54) is 17.0 Å². The summed E-state index contributed by atoms with van der Waals surface area (Å²) in [6, 6.07) is 6.28. The minimum absolute atomic E-state index is 0.0664. The zero-order valence-electron chi connectivity index (χ0n) is 18.8. The fourth-order valence-electron chi connectivity index (χ4n) is 3.82. The van der Waals surface area contributed by atoms with Crippen molar-refractivity contribution in [3.05, 3.63) is 69.1 Å². The van der Waals surface area contributed by atoms with E-state index in [4.69, 9.17) is 9.15 Å². The summed E-state index contributed by atoms with van der Waals surface area (Å²) in [4.78, 5) is 28.9. The van der Waals surface area contributed by atoms with Crippen LogP contribution >= 0.6 is 0 Å². The van der Waals surface area contributed by atoms with E-state index in [9.17, 15) is 22.8 Å². The second-order valence-corrected chi connectivity index (χ2v) is 8.19. The van der Waals surface area contributed by atoms with Gasteiger partial charge in [0.2, 0.25) is 0 Å². The SMILES string of the molecule is CN(C)C(=O)c1cc(CCNc2cc(F)c(F)c(F)c2)c2oc(N3CCOCC3)cc(=O)c2c1. The third-order valence-corrected chi connectivity index (χ3v) is 5.58. The van der Waals surface area contributed by atoms with Crippen LogP contribution in [0.15, 0.2) is 39.5 Å². The van der Waals surface area contributed by atoms with E-state index < -0.39 is 17.5 Å². The van der Waals surface area contributed by atoms with Crippen LogP contribution in [0.3, 0.4) is 0 Å². The van der Waals surface area contributed by atoms with Gasteiger partial charge >= 0.3 is 0 Å². The first-order valence-electron chi connectivity index (χ1n) is 10.8. The average molecular weight is 475 g/mol. The first kappa shape index (κ1) is 23.6. The summed E-state index contributed by atoms with van der Waals surface area (Å²) in [6.45, 7) is 2.36. The van der Waals surface area contributed by atoms with Gasteiger partial charge in [-0.15, -0.1) is 0 Å². The second kappa shape index (κ2) is 9.76. The Bertz CT molecular complexity index is 1260. The van der Waals surface area contributed by atoms with Gasteiger partial charge in [-0.05, 0) is 24.1 Å².